The van der Waals surface area contributed by atoms with Gasteiger partial charge in [-0.1, -0.05) is 55.7 Å². The molecule has 1 aliphatic rings. The summed E-state index contributed by atoms with van der Waals surface area (Å²) in [5, 5.41) is 6.22. The molecule has 0 aliphatic heterocycles. The number of nitrogens with one attached hydrogen (secondary N) is 2. The van der Waals surface area contributed by atoms with Crippen molar-refractivity contribution in [3.63, 3.8) is 0 Å². The second-order valence-corrected chi connectivity index (χ2v) is 9.53. The van der Waals surface area contributed by atoms with E-state index in [1.54, 1.807) is 30.5 Å². The number of carbonyl (C=O) groups excluding carboxylic acids is 1. The van der Waals surface area contributed by atoms with Crippen LogP contribution in [-0.4, -0.2) is 18.2 Å². The molecule has 5 heteroatoms. The number of carbonyl (C=O) groups is 1. The topological polar surface area (TPSA) is 53.5 Å². The molecule has 196 valence electrons. The second kappa shape index (κ2) is 14.9. The van der Waals surface area contributed by atoms with Gasteiger partial charge in [0, 0.05) is 42.0 Å². The zero-order valence-corrected chi connectivity index (χ0v) is 22.8. The first-order valence-electron chi connectivity index (χ1n) is 12.9. The molecule has 0 heterocycles. The summed E-state index contributed by atoms with van der Waals surface area (Å²) in [6.45, 7) is 17.6. The Morgan fingerprint density at radius 3 is 2.62 bits per heavy atom. The molecular formula is C32H40FN3O. The van der Waals surface area contributed by atoms with Crippen LogP contribution in [0.5, 0.6) is 0 Å². The van der Waals surface area contributed by atoms with Gasteiger partial charge in [0.1, 0.15) is 5.82 Å². The smallest absolute Gasteiger partial charge is 0.228 e. The van der Waals surface area contributed by atoms with Crippen molar-refractivity contribution in [2.75, 3.05) is 5.32 Å². The van der Waals surface area contributed by atoms with Gasteiger partial charge in [-0.3, -0.25) is 9.79 Å². The lowest BCUT2D eigenvalue weighted by Gasteiger charge is -2.19. The van der Waals surface area contributed by atoms with Gasteiger partial charge in [-0.25, -0.2) is 4.39 Å². The van der Waals surface area contributed by atoms with E-state index in [4.69, 9.17) is 0 Å². The molecule has 0 saturated heterocycles. The van der Waals surface area contributed by atoms with Crippen LogP contribution < -0.4 is 10.6 Å². The highest BCUT2D eigenvalue weighted by atomic mass is 19.1. The van der Waals surface area contributed by atoms with Crippen molar-refractivity contribution in [3.8, 4) is 11.8 Å². The third-order valence-electron chi connectivity index (χ3n) is 6.03. The van der Waals surface area contributed by atoms with Gasteiger partial charge in [-0.05, 0) is 75.8 Å². The lowest BCUT2D eigenvalue weighted by Crippen LogP contribution is -2.30. The molecule has 0 aromatic heterocycles. The standard InChI is InChI=1S/C32H40FN3O/c1-8-10-11-12-31(22(3)4)34-21-24(6)35-25(7)29-20-28(17-18-30(29)33)36-32(37)19-26(9-2)14-13-23(5)27-15-16-27/h9,12-14,17-18,20-21,24-25,27,35H,2-3,8,15-16,19H2,1,4-7H3,(H,36,37)/b23-13+,26-14+,31-12+,34-21?/t24?,25-/m0/s1. The molecular weight excluding hydrogens is 461 g/mol. The molecule has 2 rings (SSSR count). The zero-order chi connectivity index (χ0) is 27.4. The number of hydrogen-bond acceptors (Lipinski definition) is 3. The highest BCUT2D eigenvalue weighted by Crippen LogP contribution is 2.36. The van der Waals surface area contributed by atoms with Gasteiger partial charge < -0.3 is 10.6 Å². The number of hydrogen-bond donors (Lipinski definition) is 2. The zero-order valence-electron chi connectivity index (χ0n) is 22.8. The number of halogens is 1. The highest BCUT2D eigenvalue weighted by Gasteiger charge is 2.22. The summed E-state index contributed by atoms with van der Waals surface area (Å²) in [5.74, 6) is 6.13. The van der Waals surface area contributed by atoms with Crippen molar-refractivity contribution in [2.24, 2.45) is 10.9 Å². The number of nitrogens with zero attached hydrogens (tertiary/aromatic N) is 1. The maximum atomic E-state index is 14.7. The molecule has 0 bridgehead atoms. The summed E-state index contributed by atoms with van der Waals surface area (Å²) >= 11 is 0. The lowest BCUT2D eigenvalue weighted by atomic mass is 10.1. The van der Waals surface area contributed by atoms with Crippen LogP contribution in [0.2, 0.25) is 0 Å². The minimum Gasteiger partial charge on any atom is -0.326 e. The monoisotopic (exact) mass is 501 g/mol. The van der Waals surface area contributed by atoms with E-state index < -0.39 is 0 Å². The number of anilines is 1. The maximum Gasteiger partial charge on any atom is 0.228 e. The molecule has 1 aliphatic carbocycles. The van der Waals surface area contributed by atoms with Gasteiger partial charge in [-0.15, -0.1) is 0 Å². The molecule has 1 aromatic carbocycles. The highest BCUT2D eigenvalue weighted by molar-refractivity contribution is 5.92. The van der Waals surface area contributed by atoms with Crippen molar-refractivity contribution < 1.29 is 9.18 Å². The van der Waals surface area contributed by atoms with Gasteiger partial charge >= 0.3 is 0 Å². The molecule has 2 atom stereocenters. The van der Waals surface area contributed by atoms with E-state index in [1.807, 2.05) is 33.8 Å². The van der Waals surface area contributed by atoms with Crippen molar-refractivity contribution in [1.82, 2.24) is 5.32 Å². The van der Waals surface area contributed by atoms with Crippen LogP contribution in [0.4, 0.5) is 10.1 Å². The van der Waals surface area contributed by atoms with Crippen LogP contribution in [0.15, 0.2) is 83.1 Å². The molecule has 2 N–H and O–H groups in total. The van der Waals surface area contributed by atoms with E-state index in [-0.39, 0.29) is 30.2 Å². The SMILES string of the molecule is C=C/C(=C\C=C(/C)C1CC1)CC(=O)Nc1ccc(F)c([C@H](C)NC(C)C=N/C(=C/C#CCC)C(=C)C)c1. The molecule has 4 nitrogen and oxygen atoms in total. The fourth-order valence-electron chi connectivity index (χ4n) is 3.67. The van der Waals surface area contributed by atoms with E-state index >= 15 is 0 Å². The van der Waals surface area contributed by atoms with E-state index in [2.05, 4.69) is 53.6 Å². The van der Waals surface area contributed by atoms with Gasteiger partial charge in [0.2, 0.25) is 5.91 Å². The quantitative estimate of drug-likeness (QED) is 0.176. The van der Waals surface area contributed by atoms with Crippen LogP contribution >= 0.6 is 0 Å². The first-order chi connectivity index (χ1) is 17.6. The van der Waals surface area contributed by atoms with Crippen molar-refractivity contribution in [3.05, 3.63) is 89.5 Å². The minimum absolute atomic E-state index is 0.137. The van der Waals surface area contributed by atoms with Crippen LogP contribution in [-0.2, 0) is 4.79 Å². The third kappa shape index (κ3) is 10.6. The number of allylic oxidation sites excluding steroid dienone is 6. The predicted molar refractivity (Wildman–Crippen MR) is 155 cm³/mol. The number of aliphatic imine (C=N–C) groups is 1. The fraction of sp³-hybridized carbons (Fsp3) is 0.375. The first kappa shape index (κ1) is 29.7. The summed E-state index contributed by atoms with van der Waals surface area (Å²) in [6, 6.07) is 4.17. The molecule has 1 aromatic rings. The average molecular weight is 502 g/mol. The normalized spacial score (nSPS) is 16.1. The minimum atomic E-state index is -0.341. The van der Waals surface area contributed by atoms with Gasteiger partial charge in [0.15, 0.2) is 0 Å². The number of amides is 1. The maximum absolute atomic E-state index is 14.7. The Hall–Kier alpha value is -3.49. The van der Waals surface area contributed by atoms with Crippen molar-refractivity contribution in [2.45, 2.75) is 72.4 Å². The van der Waals surface area contributed by atoms with E-state index in [0.29, 0.717) is 22.9 Å². The Bertz CT molecular complexity index is 1170. The molecule has 0 spiro atoms. The van der Waals surface area contributed by atoms with Gasteiger partial charge in [0.05, 0.1) is 12.1 Å². The Morgan fingerprint density at radius 1 is 1.27 bits per heavy atom. The van der Waals surface area contributed by atoms with Gasteiger partial charge in [0.25, 0.3) is 0 Å². The Labute approximate surface area is 222 Å². The molecule has 37 heavy (non-hydrogen) atoms. The summed E-state index contributed by atoms with van der Waals surface area (Å²) in [7, 11) is 0. The third-order valence-corrected chi connectivity index (χ3v) is 6.03. The molecule has 1 amide bonds. The second-order valence-electron chi connectivity index (χ2n) is 9.53. The summed E-state index contributed by atoms with van der Waals surface area (Å²) < 4.78 is 14.7. The Kier molecular flexibility index (Phi) is 12.0. The molecule has 1 saturated carbocycles. The largest absolute Gasteiger partial charge is 0.326 e. The van der Waals surface area contributed by atoms with Crippen LogP contribution in [0.25, 0.3) is 0 Å². The fourth-order valence-corrected chi connectivity index (χ4v) is 3.67. The van der Waals surface area contributed by atoms with Crippen molar-refractivity contribution in [1.29, 1.82) is 0 Å². The van der Waals surface area contributed by atoms with Crippen LogP contribution in [0.3, 0.4) is 0 Å². The van der Waals surface area contributed by atoms with Crippen LogP contribution in [0.1, 0.15) is 71.9 Å². The molecule has 1 fully saturated rings. The summed E-state index contributed by atoms with van der Waals surface area (Å²) in [6.07, 6.45) is 12.7. The Morgan fingerprint density at radius 2 is 2.00 bits per heavy atom. The van der Waals surface area contributed by atoms with E-state index in [0.717, 1.165) is 17.6 Å². The molecule has 0 radical (unpaired) electrons. The first-order valence-corrected chi connectivity index (χ1v) is 12.9. The predicted octanol–water partition coefficient (Wildman–Crippen LogP) is 7.61. The summed E-state index contributed by atoms with van der Waals surface area (Å²) in [5.41, 5.74) is 4.72. The van der Waals surface area contributed by atoms with E-state index in [1.165, 1.54) is 24.5 Å². The van der Waals surface area contributed by atoms with Crippen molar-refractivity contribution >= 4 is 17.8 Å². The van der Waals surface area contributed by atoms with Gasteiger partial charge in [-0.2, -0.15) is 0 Å². The van der Waals surface area contributed by atoms with E-state index in [9.17, 15) is 9.18 Å². The number of benzene rings is 1. The number of rotatable bonds is 12. The van der Waals surface area contributed by atoms with Crippen LogP contribution in [0, 0.1) is 23.6 Å². The lowest BCUT2D eigenvalue weighted by molar-refractivity contribution is -0.115. The average Bonchev–Trinajstić information content (AvgIpc) is 3.70. The Balaban J connectivity index is 2.04. The molecule has 1 unspecified atom stereocenters. The summed E-state index contributed by atoms with van der Waals surface area (Å²) in [4.78, 5) is 17.1.